The van der Waals surface area contributed by atoms with Crippen molar-refractivity contribution < 1.29 is 37.0 Å². The lowest BCUT2D eigenvalue weighted by Gasteiger charge is -2.40. The number of hydrogen-bond donors (Lipinski definition) is 1. The van der Waals surface area contributed by atoms with Gasteiger partial charge in [0.15, 0.2) is 6.29 Å². The van der Waals surface area contributed by atoms with Crippen molar-refractivity contribution in [1.29, 1.82) is 0 Å². The van der Waals surface area contributed by atoms with Crippen LogP contribution in [0.3, 0.4) is 0 Å². The first kappa shape index (κ1) is 36.9. The van der Waals surface area contributed by atoms with Gasteiger partial charge in [-0.2, -0.15) is 13.2 Å². The van der Waals surface area contributed by atoms with Gasteiger partial charge in [0.2, 0.25) is 5.91 Å². The molecule has 3 aliphatic rings. The Labute approximate surface area is 304 Å². The van der Waals surface area contributed by atoms with Gasteiger partial charge in [-0.05, 0) is 67.4 Å². The van der Waals surface area contributed by atoms with E-state index in [1.165, 1.54) is 6.07 Å². The minimum Gasteiger partial charge on any atom is -0.493 e. The summed E-state index contributed by atoms with van der Waals surface area (Å²) in [5.74, 6) is -0.0562. The Bertz CT molecular complexity index is 1730. The molecule has 6 rings (SSSR count). The molecule has 3 unspecified atom stereocenters. The van der Waals surface area contributed by atoms with E-state index in [0.717, 1.165) is 23.3 Å². The van der Waals surface area contributed by atoms with E-state index in [-0.39, 0.29) is 42.2 Å². The van der Waals surface area contributed by atoms with Gasteiger partial charge in [-0.25, -0.2) is 4.79 Å². The molecule has 0 radical (unpaired) electrons. The normalized spacial score (nSPS) is 20.7. The molecule has 2 saturated heterocycles. The van der Waals surface area contributed by atoms with Crippen LogP contribution in [0.25, 0.3) is 0 Å². The monoisotopic (exact) mass is 747 g/mol. The van der Waals surface area contributed by atoms with E-state index >= 15 is 0 Å². The molecule has 0 bridgehead atoms. The molecular formula is C36H38Cl2F3N5O5. The number of rotatable bonds is 9. The third-order valence-corrected chi connectivity index (χ3v) is 9.70. The molecule has 0 aliphatic carbocycles. The number of benzene rings is 3. The zero-order valence-corrected chi connectivity index (χ0v) is 29.5. The van der Waals surface area contributed by atoms with E-state index in [1.54, 1.807) is 41.0 Å². The second-order valence-electron chi connectivity index (χ2n) is 12.4. The summed E-state index contributed by atoms with van der Waals surface area (Å²) in [6.45, 7) is 6.19. The fourth-order valence-corrected chi connectivity index (χ4v) is 6.74. The SMILES string of the molecule is CCOc1cc(C(F)(F)F)ccc1C1=NC(c2ccc(Cl)cc2)C(c2ccc(Cl)cc2)N1C(=O)N1CCN(C(C)C(=O)NCC2OCCO2)CC1. The maximum atomic E-state index is 14.8. The molecule has 15 heteroatoms. The largest absolute Gasteiger partial charge is 0.493 e. The predicted octanol–water partition coefficient (Wildman–Crippen LogP) is 6.57. The maximum absolute atomic E-state index is 14.8. The van der Waals surface area contributed by atoms with Gasteiger partial charge in [-0.15, -0.1) is 0 Å². The van der Waals surface area contributed by atoms with E-state index < -0.39 is 36.2 Å². The molecule has 0 saturated carbocycles. The number of nitrogens with one attached hydrogen (secondary N) is 1. The predicted molar refractivity (Wildman–Crippen MR) is 186 cm³/mol. The van der Waals surface area contributed by atoms with Crippen LogP contribution in [0.15, 0.2) is 71.7 Å². The van der Waals surface area contributed by atoms with Crippen LogP contribution < -0.4 is 10.1 Å². The number of nitrogens with zero attached hydrogens (tertiary/aromatic N) is 4. The van der Waals surface area contributed by atoms with Crippen molar-refractivity contribution in [1.82, 2.24) is 20.0 Å². The van der Waals surface area contributed by atoms with E-state index in [1.807, 2.05) is 36.1 Å². The zero-order valence-electron chi connectivity index (χ0n) is 28.0. The third-order valence-electron chi connectivity index (χ3n) is 9.19. The van der Waals surface area contributed by atoms with Crippen LogP contribution in [0.5, 0.6) is 5.75 Å². The third kappa shape index (κ3) is 8.28. The number of amides is 3. The van der Waals surface area contributed by atoms with Gasteiger partial charge in [-0.3, -0.25) is 19.6 Å². The molecule has 10 nitrogen and oxygen atoms in total. The quantitative estimate of drug-likeness (QED) is 0.266. The number of aliphatic imine (C=N–C) groups is 1. The van der Waals surface area contributed by atoms with Crippen molar-refractivity contribution in [3.8, 4) is 5.75 Å². The van der Waals surface area contributed by atoms with Crippen molar-refractivity contribution in [2.24, 2.45) is 4.99 Å². The smallest absolute Gasteiger partial charge is 0.416 e. The van der Waals surface area contributed by atoms with Gasteiger partial charge in [0.1, 0.15) is 17.6 Å². The lowest BCUT2D eigenvalue weighted by molar-refractivity contribution is -0.137. The molecule has 51 heavy (non-hydrogen) atoms. The highest BCUT2D eigenvalue weighted by atomic mass is 35.5. The van der Waals surface area contributed by atoms with Crippen molar-refractivity contribution in [2.45, 2.75) is 44.4 Å². The Hall–Kier alpha value is -3.88. The second-order valence-corrected chi connectivity index (χ2v) is 13.2. The molecule has 0 spiro atoms. The van der Waals surface area contributed by atoms with Crippen LogP contribution in [0.1, 0.15) is 48.2 Å². The Morgan fingerprint density at radius 2 is 1.55 bits per heavy atom. The van der Waals surface area contributed by atoms with Crippen LogP contribution >= 0.6 is 23.2 Å². The molecule has 3 aliphatic heterocycles. The molecule has 0 aromatic heterocycles. The Balaban J connectivity index is 1.33. The van der Waals surface area contributed by atoms with Gasteiger partial charge in [0.05, 0.1) is 49.6 Å². The van der Waals surface area contributed by atoms with Gasteiger partial charge in [-0.1, -0.05) is 47.5 Å². The minimum atomic E-state index is -4.61. The fraction of sp³-hybridized carbons (Fsp3) is 0.417. The summed E-state index contributed by atoms with van der Waals surface area (Å²) in [5.41, 5.74) is 0.825. The van der Waals surface area contributed by atoms with Crippen molar-refractivity contribution >= 4 is 41.0 Å². The summed E-state index contributed by atoms with van der Waals surface area (Å²) in [6, 6.07) is 15.1. The maximum Gasteiger partial charge on any atom is 0.416 e. The molecule has 3 heterocycles. The Morgan fingerprint density at radius 3 is 2.14 bits per heavy atom. The minimum absolute atomic E-state index is 0.0476. The van der Waals surface area contributed by atoms with Crippen LogP contribution in [0.2, 0.25) is 10.0 Å². The average molecular weight is 749 g/mol. The highest BCUT2D eigenvalue weighted by molar-refractivity contribution is 6.30. The molecule has 3 amide bonds. The molecule has 272 valence electrons. The summed E-state index contributed by atoms with van der Waals surface area (Å²) < 4.78 is 58.1. The lowest BCUT2D eigenvalue weighted by Crippen LogP contribution is -2.58. The summed E-state index contributed by atoms with van der Waals surface area (Å²) in [6.07, 6.45) is -5.08. The molecule has 3 atom stereocenters. The Kier molecular flexibility index (Phi) is 11.4. The number of carbonyl (C=O) groups excluding carboxylic acids is 2. The standard InChI is InChI=1S/C36H38Cl2F3N5O5/c1-3-49-29-20-25(36(39,40)41)8-13-28(29)33-43-31(23-4-9-26(37)10-5-23)32(24-6-11-27(38)12-7-24)46(33)35(48)45-16-14-44(15-17-45)22(2)34(47)42-21-30-50-18-19-51-30/h4-13,20,22,30-32H,3,14-19,21H2,1-2H3,(H,42,47). The van der Waals surface area contributed by atoms with Gasteiger partial charge in [0.25, 0.3) is 0 Å². The molecule has 3 aromatic rings. The van der Waals surface area contributed by atoms with E-state index in [2.05, 4.69) is 5.32 Å². The first-order chi connectivity index (χ1) is 24.4. The number of ether oxygens (including phenoxy) is 3. The van der Waals surface area contributed by atoms with E-state index in [9.17, 15) is 22.8 Å². The number of amidine groups is 1. The van der Waals surface area contributed by atoms with Crippen LogP contribution in [-0.4, -0.2) is 97.3 Å². The second kappa shape index (κ2) is 15.8. The van der Waals surface area contributed by atoms with Crippen molar-refractivity contribution in [3.63, 3.8) is 0 Å². The highest BCUT2D eigenvalue weighted by Crippen LogP contribution is 2.46. The molecule has 3 aromatic carbocycles. The van der Waals surface area contributed by atoms with Crippen LogP contribution in [0, 0.1) is 0 Å². The first-order valence-electron chi connectivity index (χ1n) is 16.7. The summed E-state index contributed by atoms with van der Waals surface area (Å²) >= 11 is 12.5. The highest BCUT2D eigenvalue weighted by Gasteiger charge is 2.45. The summed E-state index contributed by atoms with van der Waals surface area (Å²) in [7, 11) is 0. The first-order valence-corrected chi connectivity index (χ1v) is 17.5. The van der Waals surface area contributed by atoms with Crippen LogP contribution in [0.4, 0.5) is 18.0 Å². The van der Waals surface area contributed by atoms with E-state index in [0.29, 0.717) is 49.4 Å². The van der Waals surface area contributed by atoms with Crippen molar-refractivity contribution in [2.75, 3.05) is 52.5 Å². The topological polar surface area (TPSA) is 95.9 Å². The van der Waals surface area contributed by atoms with Crippen LogP contribution in [-0.2, 0) is 20.4 Å². The number of hydrogen-bond acceptors (Lipinski definition) is 7. The zero-order chi connectivity index (χ0) is 36.3. The summed E-state index contributed by atoms with van der Waals surface area (Å²) in [5, 5.41) is 3.88. The number of carbonyl (C=O) groups is 2. The number of alkyl halides is 3. The number of piperazine rings is 1. The number of urea groups is 1. The molecule has 1 N–H and O–H groups in total. The Morgan fingerprint density at radius 1 is 0.941 bits per heavy atom. The van der Waals surface area contributed by atoms with Gasteiger partial charge < -0.3 is 24.4 Å². The fourth-order valence-electron chi connectivity index (χ4n) is 6.49. The lowest BCUT2D eigenvalue weighted by atomic mass is 9.93. The van der Waals surface area contributed by atoms with Crippen molar-refractivity contribution in [3.05, 3.63) is 99.0 Å². The summed E-state index contributed by atoms with van der Waals surface area (Å²) in [4.78, 5) is 38.0. The van der Waals surface area contributed by atoms with Gasteiger partial charge in [0, 0.05) is 36.2 Å². The molecular weight excluding hydrogens is 710 g/mol. The number of halogens is 5. The average Bonchev–Trinajstić information content (AvgIpc) is 3.79. The molecule has 2 fully saturated rings. The van der Waals surface area contributed by atoms with Gasteiger partial charge >= 0.3 is 12.2 Å². The van der Waals surface area contributed by atoms with E-state index in [4.69, 9.17) is 42.4 Å².